The molecule has 0 bridgehead atoms. The minimum absolute atomic E-state index is 0.470. The fraction of sp³-hybridized carbons (Fsp3) is 1.00. The molecule has 0 rings (SSSR count). The first-order chi connectivity index (χ1) is 6.63. The van der Waals surface area contributed by atoms with Crippen LogP contribution in [0.25, 0.3) is 0 Å². The van der Waals surface area contributed by atoms with E-state index in [-0.39, 0.29) is 0 Å². The van der Waals surface area contributed by atoms with Gasteiger partial charge in [0.05, 0.1) is 13.2 Å². The third-order valence-corrected chi connectivity index (χ3v) is 1.80. The van der Waals surface area contributed by atoms with Crippen molar-refractivity contribution in [3.63, 3.8) is 0 Å². The molecule has 0 amide bonds. The van der Waals surface area contributed by atoms with Gasteiger partial charge in [-0.25, -0.2) is 8.42 Å². The third kappa shape index (κ3) is 12.1. The number of nitrogens with one attached hydrogen (secondary N) is 2. The second kappa shape index (κ2) is 9.69. The molecule has 6 nitrogen and oxygen atoms in total. The quantitative estimate of drug-likeness (QED) is 0.419. The van der Waals surface area contributed by atoms with Gasteiger partial charge in [0.25, 0.3) is 0 Å². The normalized spacial score (nSPS) is 15.3. The Morgan fingerprint density at radius 1 is 0.929 bits per heavy atom. The third-order valence-electron chi connectivity index (χ3n) is 1.10. The summed E-state index contributed by atoms with van der Waals surface area (Å²) >= 11 is 0. The zero-order chi connectivity index (χ0) is 10.8. The maximum atomic E-state index is 10.5. The lowest BCUT2D eigenvalue weighted by atomic mass is 10.3. The Labute approximate surface area is 88.8 Å². The van der Waals surface area contributed by atoms with E-state index in [1.165, 1.54) is 12.5 Å². The lowest BCUT2D eigenvalue weighted by molar-refractivity contribution is 0.0684. The van der Waals surface area contributed by atoms with Crippen molar-refractivity contribution >= 4 is 22.0 Å². The van der Waals surface area contributed by atoms with E-state index in [9.17, 15) is 8.42 Å². The van der Waals surface area contributed by atoms with E-state index in [0.717, 1.165) is 12.8 Å². The zero-order valence-electron chi connectivity index (χ0n) is 8.28. The molecule has 0 aromatic rings. The monoisotopic (exact) mass is 244 g/mol. The van der Waals surface area contributed by atoms with Crippen LogP contribution in [0.3, 0.4) is 0 Å². The summed E-state index contributed by atoms with van der Waals surface area (Å²) in [7, 11) is -2.27. The summed E-state index contributed by atoms with van der Waals surface area (Å²) in [4.78, 5) is 14.3. The van der Waals surface area contributed by atoms with Crippen molar-refractivity contribution in [2.45, 2.75) is 12.8 Å². The van der Waals surface area contributed by atoms with Crippen LogP contribution in [-0.2, 0) is 31.6 Å². The van der Waals surface area contributed by atoms with Gasteiger partial charge in [0.1, 0.15) is 22.0 Å². The molecule has 2 unspecified atom stereocenters. The van der Waals surface area contributed by atoms with Crippen LogP contribution >= 0.6 is 0 Å². The first-order valence-corrected chi connectivity index (χ1v) is 7.16. The van der Waals surface area contributed by atoms with Crippen LogP contribution in [0.15, 0.2) is 0 Å². The largest absolute Gasteiger partial charge is 0.289 e. The molecule has 0 saturated heterocycles. The second-order valence-corrected chi connectivity index (χ2v) is 4.63. The Morgan fingerprint density at radius 2 is 1.29 bits per heavy atom. The summed E-state index contributed by atoms with van der Waals surface area (Å²) in [6, 6.07) is 0. The highest BCUT2D eigenvalue weighted by atomic mass is 32.2. The van der Waals surface area contributed by atoms with Gasteiger partial charge in [-0.05, 0) is 12.8 Å². The van der Waals surface area contributed by atoms with Crippen molar-refractivity contribution in [1.82, 2.24) is 9.77 Å². The van der Waals surface area contributed by atoms with Crippen molar-refractivity contribution in [2.75, 3.05) is 25.7 Å². The molecule has 0 spiro atoms. The highest BCUT2D eigenvalue weighted by Gasteiger charge is 1.93. The lowest BCUT2D eigenvalue weighted by Crippen LogP contribution is -2.18. The lowest BCUT2D eigenvalue weighted by Gasteiger charge is -2.03. The number of rotatable bonds is 9. The second-order valence-electron chi connectivity index (χ2n) is 2.48. The van der Waals surface area contributed by atoms with Gasteiger partial charge in [-0.15, -0.1) is 9.77 Å². The molecule has 0 aliphatic carbocycles. The molecule has 2 atom stereocenters. The van der Waals surface area contributed by atoms with Crippen LogP contribution in [0.4, 0.5) is 0 Å². The van der Waals surface area contributed by atoms with Crippen LogP contribution in [-0.4, -0.2) is 34.1 Å². The van der Waals surface area contributed by atoms with Gasteiger partial charge in [-0.2, -0.15) is 0 Å². The Balaban J connectivity index is 2.99. The summed E-state index contributed by atoms with van der Waals surface area (Å²) in [6.45, 7) is 0.941. The standard InChI is InChI=1S/C6H16N2O4S2/c1-13(9)7-11-5-3-4-6-12-8-14(2)10/h7-8H,3-6H2,1-2H3. The molecular weight excluding hydrogens is 228 g/mol. The van der Waals surface area contributed by atoms with Gasteiger partial charge in [0.15, 0.2) is 0 Å². The molecule has 14 heavy (non-hydrogen) atoms. The Morgan fingerprint density at radius 3 is 1.57 bits per heavy atom. The maximum Gasteiger partial charge on any atom is 0.112 e. The summed E-state index contributed by atoms with van der Waals surface area (Å²) in [5.41, 5.74) is 0. The molecule has 0 saturated carbocycles. The minimum atomic E-state index is -1.14. The average Bonchev–Trinajstić information content (AvgIpc) is 2.08. The maximum absolute atomic E-state index is 10.5. The molecule has 2 N–H and O–H groups in total. The molecule has 0 aromatic heterocycles. The van der Waals surface area contributed by atoms with E-state index < -0.39 is 22.0 Å². The van der Waals surface area contributed by atoms with Gasteiger partial charge in [-0.3, -0.25) is 9.68 Å². The van der Waals surface area contributed by atoms with E-state index in [2.05, 4.69) is 9.77 Å². The molecule has 0 aliphatic rings. The van der Waals surface area contributed by atoms with Gasteiger partial charge < -0.3 is 0 Å². The molecule has 8 heteroatoms. The average molecular weight is 244 g/mol. The van der Waals surface area contributed by atoms with Crippen LogP contribution in [0.2, 0.25) is 0 Å². The van der Waals surface area contributed by atoms with Gasteiger partial charge in [0, 0.05) is 12.5 Å². The van der Waals surface area contributed by atoms with E-state index in [1.54, 1.807) is 0 Å². The fourth-order valence-electron chi connectivity index (χ4n) is 0.598. The molecule has 0 heterocycles. The van der Waals surface area contributed by atoms with Crippen molar-refractivity contribution in [1.29, 1.82) is 0 Å². The predicted octanol–water partition coefficient (Wildman–Crippen LogP) is -0.604. The molecule has 0 fully saturated rings. The van der Waals surface area contributed by atoms with Gasteiger partial charge in [-0.1, -0.05) is 0 Å². The van der Waals surface area contributed by atoms with Crippen LogP contribution in [0.5, 0.6) is 0 Å². The first-order valence-electron chi connectivity index (χ1n) is 4.04. The summed E-state index contributed by atoms with van der Waals surface area (Å²) in [6.07, 6.45) is 4.54. The van der Waals surface area contributed by atoms with Crippen molar-refractivity contribution < 1.29 is 18.1 Å². The number of hydrogen-bond donors (Lipinski definition) is 2. The molecule has 86 valence electrons. The minimum Gasteiger partial charge on any atom is -0.289 e. The van der Waals surface area contributed by atoms with Gasteiger partial charge >= 0.3 is 0 Å². The first kappa shape index (κ1) is 14.1. The highest BCUT2D eigenvalue weighted by molar-refractivity contribution is 7.82. The van der Waals surface area contributed by atoms with Crippen LogP contribution in [0, 0.1) is 0 Å². The van der Waals surface area contributed by atoms with Gasteiger partial charge in [0.2, 0.25) is 0 Å². The number of unbranched alkanes of at least 4 members (excludes halogenated alkanes) is 1. The Bertz CT molecular complexity index is 171. The Hall–Kier alpha value is 0.140. The van der Waals surface area contributed by atoms with Crippen molar-refractivity contribution in [3.05, 3.63) is 0 Å². The SMILES string of the molecule is CS(=O)NOCCCCONS(C)=O. The van der Waals surface area contributed by atoms with E-state index in [4.69, 9.17) is 9.68 Å². The predicted molar refractivity (Wildman–Crippen MR) is 55.5 cm³/mol. The molecule has 0 radical (unpaired) electrons. The van der Waals surface area contributed by atoms with Crippen molar-refractivity contribution in [3.8, 4) is 0 Å². The Kier molecular flexibility index (Phi) is 9.78. The summed E-state index contributed by atoms with van der Waals surface area (Å²) in [5.74, 6) is 0. The topological polar surface area (TPSA) is 76.7 Å². The molecule has 0 aromatic carbocycles. The number of hydrogen-bond acceptors (Lipinski definition) is 4. The smallest absolute Gasteiger partial charge is 0.112 e. The fourth-order valence-corrected chi connectivity index (χ4v) is 1.10. The van der Waals surface area contributed by atoms with Crippen LogP contribution in [0.1, 0.15) is 12.8 Å². The van der Waals surface area contributed by atoms with E-state index >= 15 is 0 Å². The van der Waals surface area contributed by atoms with Crippen molar-refractivity contribution in [2.24, 2.45) is 0 Å². The van der Waals surface area contributed by atoms with Crippen LogP contribution < -0.4 is 9.77 Å². The molecular formula is C6H16N2O4S2. The zero-order valence-corrected chi connectivity index (χ0v) is 9.91. The van der Waals surface area contributed by atoms with E-state index in [0.29, 0.717) is 13.2 Å². The molecule has 0 aliphatic heterocycles. The van der Waals surface area contributed by atoms with E-state index in [1.807, 2.05) is 0 Å². The summed E-state index contributed by atoms with van der Waals surface area (Å²) < 4.78 is 20.9. The highest BCUT2D eigenvalue weighted by Crippen LogP contribution is 1.89. The summed E-state index contributed by atoms with van der Waals surface area (Å²) in [5, 5.41) is 0.